The fourth-order valence-corrected chi connectivity index (χ4v) is 7.36. The van der Waals surface area contributed by atoms with Gasteiger partial charge in [0.05, 0.1) is 40.0 Å². The van der Waals surface area contributed by atoms with Gasteiger partial charge < -0.3 is 4.57 Å². The number of aromatic nitrogens is 4. The summed E-state index contributed by atoms with van der Waals surface area (Å²) in [6.07, 6.45) is 0. The summed E-state index contributed by atoms with van der Waals surface area (Å²) in [5, 5.41) is -0.679. The van der Waals surface area contributed by atoms with Gasteiger partial charge in [-0.2, -0.15) is 0 Å². The van der Waals surface area contributed by atoms with Gasteiger partial charge in [0.1, 0.15) is 0 Å². The molecule has 0 bridgehead atoms. The molecule has 0 aliphatic rings. The number of hydrogen-bond acceptors (Lipinski definition) is 3. The summed E-state index contributed by atoms with van der Waals surface area (Å²) in [6.45, 7) is 0. The molecule has 4 heteroatoms. The van der Waals surface area contributed by atoms with E-state index in [4.69, 9.17) is 28.7 Å². The molecule has 11 rings (SSSR count). The van der Waals surface area contributed by atoms with Crippen molar-refractivity contribution in [3.8, 4) is 84.4 Å². The van der Waals surface area contributed by atoms with Crippen LogP contribution in [0.1, 0.15) is 23.3 Å². The lowest BCUT2D eigenvalue weighted by Crippen LogP contribution is -2.02. The Hall–Kier alpha value is -8.21. The van der Waals surface area contributed by atoms with Gasteiger partial charge in [-0.15, -0.1) is 0 Å². The van der Waals surface area contributed by atoms with Crippen molar-refractivity contribution in [1.82, 2.24) is 19.5 Å². The van der Waals surface area contributed by atoms with E-state index in [1.807, 2.05) is 109 Å². The van der Waals surface area contributed by atoms with E-state index in [1.165, 1.54) is 16.7 Å². The first kappa shape index (κ1) is 22.2. The second-order valence-electron chi connectivity index (χ2n) is 14.0. The maximum atomic E-state index is 9.70. The molecule has 0 atom stereocenters. The molecule has 0 saturated carbocycles. The molecular weight excluding hydrogens is 741 g/mol. The Balaban J connectivity index is 1.22. The molecule has 0 radical (unpaired) electrons. The Labute approximate surface area is 378 Å². The zero-order valence-electron chi connectivity index (χ0n) is 48.9. The Morgan fingerprint density at radius 1 is 0.328 bits per heavy atom. The van der Waals surface area contributed by atoms with Gasteiger partial charge in [-0.1, -0.05) is 194 Å². The third-order valence-electron chi connectivity index (χ3n) is 10.3. The topological polar surface area (TPSA) is 43.6 Å². The molecule has 11 aromatic rings. The van der Waals surface area contributed by atoms with Gasteiger partial charge in [0.25, 0.3) is 0 Å². The molecule has 9 aromatic carbocycles. The number of para-hydroxylation sites is 1. The van der Waals surface area contributed by atoms with E-state index < -0.39 is 114 Å². The van der Waals surface area contributed by atoms with Crippen LogP contribution >= 0.6 is 0 Å². The first-order valence-corrected chi connectivity index (χ1v) is 19.2. The number of rotatable bonds is 8. The summed E-state index contributed by atoms with van der Waals surface area (Å²) >= 11 is 0. The predicted molar refractivity (Wildman–Crippen MR) is 252 cm³/mol. The third kappa shape index (κ3) is 6.86. The fourth-order valence-electron chi connectivity index (χ4n) is 7.36. The van der Waals surface area contributed by atoms with Crippen molar-refractivity contribution in [1.29, 1.82) is 0 Å². The highest BCUT2D eigenvalue weighted by Crippen LogP contribution is 2.40. The van der Waals surface area contributed by atoms with Crippen LogP contribution in [0.5, 0.6) is 0 Å². The van der Waals surface area contributed by atoms with Crippen LogP contribution in [0, 0.1) is 0 Å². The Morgan fingerprint density at radius 3 is 1.38 bits per heavy atom. The summed E-state index contributed by atoms with van der Waals surface area (Å²) < 4.78 is 153. The molecule has 0 unspecified atom stereocenters. The van der Waals surface area contributed by atoms with Crippen molar-refractivity contribution in [2.24, 2.45) is 0 Å². The summed E-state index contributed by atoms with van der Waals surface area (Å²) in [6, 6.07) is 27.0. The monoisotopic (exact) mass is 795 g/mol. The van der Waals surface area contributed by atoms with Crippen LogP contribution in [0.15, 0.2) is 230 Å². The van der Waals surface area contributed by atoms with Crippen LogP contribution in [0.3, 0.4) is 0 Å². The van der Waals surface area contributed by atoms with E-state index in [2.05, 4.69) is 0 Å². The molecule has 0 aliphatic heterocycles. The van der Waals surface area contributed by atoms with E-state index >= 15 is 0 Å². The lowest BCUT2D eigenvalue weighted by molar-refractivity contribution is 1.07. The van der Waals surface area contributed by atoms with Gasteiger partial charge in [-0.25, -0.2) is 15.0 Å². The first-order chi connectivity index (χ1) is 37.3. The molecule has 4 nitrogen and oxygen atoms in total. The first-order valence-electron chi connectivity index (χ1n) is 27.7. The number of nitrogens with zero attached hydrogens (tertiary/aromatic N) is 4. The van der Waals surface area contributed by atoms with E-state index in [-0.39, 0.29) is 61.7 Å². The summed E-state index contributed by atoms with van der Waals surface area (Å²) in [4.78, 5) is 14.9. The summed E-state index contributed by atoms with van der Waals surface area (Å²) in [5.74, 6) is 0.589. The molecule has 61 heavy (non-hydrogen) atoms. The Morgan fingerprint density at radius 2 is 0.787 bits per heavy atom. The Kier molecular flexibility index (Phi) is 5.66. The fraction of sp³-hybridized carbons (Fsp3) is 0. The maximum Gasteiger partial charge on any atom is 0.164 e. The molecule has 2 heterocycles. The highest BCUT2D eigenvalue weighted by Gasteiger charge is 2.19. The smallest absolute Gasteiger partial charge is 0.164 e. The van der Waals surface area contributed by atoms with Crippen molar-refractivity contribution in [2.75, 3.05) is 0 Å². The normalized spacial score (nSPS) is 15.2. The molecule has 0 spiro atoms. The highest BCUT2D eigenvalue weighted by molar-refractivity contribution is 6.11. The second-order valence-corrected chi connectivity index (χ2v) is 14.0. The Bertz CT molecular complexity index is 4160. The maximum absolute atomic E-state index is 9.70. The van der Waals surface area contributed by atoms with Crippen LogP contribution in [0.2, 0.25) is 0 Å². The van der Waals surface area contributed by atoms with Crippen molar-refractivity contribution in [3.63, 3.8) is 0 Å². The van der Waals surface area contributed by atoms with Crippen molar-refractivity contribution in [2.45, 2.75) is 0 Å². The molecule has 0 amide bonds. The summed E-state index contributed by atoms with van der Waals surface area (Å²) in [5.41, 5.74) is 2.87. The minimum absolute atomic E-state index is 0.0740. The number of hydrogen-bond donors (Lipinski definition) is 0. The van der Waals surface area contributed by atoms with Crippen molar-refractivity contribution < 1.29 is 23.3 Å². The van der Waals surface area contributed by atoms with Gasteiger partial charge in [-0.05, 0) is 75.3 Å². The van der Waals surface area contributed by atoms with Gasteiger partial charge in [0.15, 0.2) is 17.5 Å². The zero-order chi connectivity index (χ0) is 55.3. The lowest BCUT2D eigenvalue weighted by Gasteiger charge is -2.16. The van der Waals surface area contributed by atoms with Crippen LogP contribution in [-0.2, 0) is 0 Å². The van der Waals surface area contributed by atoms with Crippen LogP contribution < -0.4 is 0 Å². The molecule has 0 saturated heterocycles. The van der Waals surface area contributed by atoms with Crippen molar-refractivity contribution in [3.05, 3.63) is 230 Å². The van der Waals surface area contributed by atoms with Crippen LogP contribution in [0.4, 0.5) is 0 Å². The quantitative estimate of drug-likeness (QED) is 0.154. The van der Waals surface area contributed by atoms with E-state index in [9.17, 15) is 9.60 Å². The van der Waals surface area contributed by atoms with Gasteiger partial charge >= 0.3 is 0 Å². The summed E-state index contributed by atoms with van der Waals surface area (Å²) in [7, 11) is 0. The molecular formula is C57H38N4. The number of fused-ring (bicyclic) bond motifs is 3. The van der Waals surface area contributed by atoms with Crippen LogP contribution in [-0.4, -0.2) is 19.5 Å². The second kappa shape index (κ2) is 15.5. The SMILES string of the molecule is [2H]c1c([2H])c([2H])c(-c2cc(-c3nc(-c4ccc(-c5ccccc5)cc4)nc(-c4ccc(-c5ccccc5)cc4)n3)ccc2-n2c3c([2H])c([2H])c([2H])c([2H])c3c3c([2H])c(-c4c([2H])c([2H])c([2H])c([2H])c4[2H])c([2H])c([2H])c32)c([2H])c1[2H]. The third-order valence-corrected chi connectivity index (χ3v) is 10.3. The molecule has 0 aliphatic carbocycles. The minimum atomic E-state index is -0.787. The lowest BCUT2D eigenvalue weighted by atomic mass is 9.99. The molecule has 0 fully saturated rings. The van der Waals surface area contributed by atoms with Crippen molar-refractivity contribution >= 4 is 21.8 Å². The highest BCUT2D eigenvalue weighted by atomic mass is 15.0. The number of benzene rings is 9. The van der Waals surface area contributed by atoms with E-state index in [0.717, 1.165) is 22.3 Å². The van der Waals surface area contributed by atoms with Gasteiger partial charge in [-0.3, -0.25) is 0 Å². The van der Waals surface area contributed by atoms with Gasteiger partial charge in [0, 0.05) is 33.0 Å². The molecule has 0 N–H and O–H groups in total. The molecule has 2 aromatic heterocycles. The van der Waals surface area contributed by atoms with Crippen LogP contribution in [0.25, 0.3) is 106 Å². The van der Waals surface area contributed by atoms with Gasteiger partial charge in [0.2, 0.25) is 0 Å². The standard InChI is InChI=1S/C57H38N4/c1-5-15-39(16-6-1)42-25-29-45(30-26-42)55-58-56(46-31-27-43(28-32-46)40-17-7-2-8-18-40)60-57(59-55)48-34-36-53(50(38-48)44-21-11-4-12-22-44)61-52-24-14-13-23-49(52)51-37-47(33-35-54(51)61)41-19-9-3-10-20-41/h1-38H/i3D,4D,9D,10D,11D,12D,13D,14D,19D,20D,21D,22D,23D,24D,33D,35D,37D. The average molecular weight is 796 g/mol. The zero-order valence-corrected chi connectivity index (χ0v) is 31.9. The van der Waals surface area contributed by atoms with E-state index in [1.54, 1.807) is 6.07 Å². The minimum Gasteiger partial charge on any atom is -0.309 e. The predicted octanol–water partition coefficient (Wildman–Crippen LogP) is 14.6. The molecule has 286 valence electrons. The van der Waals surface area contributed by atoms with E-state index in [0.29, 0.717) is 11.1 Å². The average Bonchev–Trinajstić information content (AvgIpc) is 3.60. The largest absolute Gasteiger partial charge is 0.309 e.